The first-order valence-corrected chi connectivity index (χ1v) is 7.44. The van der Waals surface area contributed by atoms with Gasteiger partial charge in [-0.15, -0.1) is 12.4 Å². The highest BCUT2D eigenvalue weighted by atomic mass is 79.9. The zero-order valence-electron chi connectivity index (χ0n) is 12.0. The number of halogens is 2. The Balaban J connectivity index is 0.00000220. The maximum absolute atomic E-state index is 12.3. The fourth-order valence-electron chi connectivity index (χ4n) is 2.01. The minimum atomic E-state index is 0. The van der Waals surface area contributed by atoms with Crippen LogP contribution in [0.1, 0.15) is 41.4 Å². The van der Waals surface area contributed by atoms with Crippen molar-refractivity contribution in [3.8, 4) is 0 Å². The highest BCUT2D eigenvalue weighted by Crippen LogP contribution is 2.20. The lowest BCUT2D eigenvalue weighted by Gasteiger charge is -2.16. The smallest absolute Gasteiger partial charge is 0.193 e. The number of rotatable bonds is 4. The van der Waals surface area contributed by atoms with Crippen molar-refractivity contribution < 1.29 is 4.79 Å². The summed E-state index contributed by atoms with van der Waals surface area (Å²) in [5.41, 5.74) is 8.54. The molecule has 0 fully saturated rings. The average Bonchev–Trinajstić information content (AvgIpc) is 2.46. The standard InChI is InChI=1S/C17H18BrNO.ClH/c1-11(2)16(19)12-3-5-13(6-4-12)17(20)14-7-9-15(18)10-8-14;/h3-11,16H,19H2,1-2H3;1H/t16-;/m1./s1. The molecule has 0 aliphatic heterocycles. The molecule has 0 saturated heterocycles. The van der Waals surface area contributed by atoms with E-state index in [4.69, 9.17) is 5.73 Å². The number of nitrogens with two attached hydrogens (primary N) is 1. The molecule has 0 radical (unpaired) electrons. The van der Waals surface area contributed by atoms with Crippen LogP contribution in [0, 0.1) is 5.92 Å². The van der Waals surface area contributed by atoms with Gasteiger partial charge in [0, 0.05) is 21.6 Å². The van der Waals surface area contributed by atoms with E-state index in [1.54, 1.807) is 0 Å². The molecular weight excluding hydrogens is 350 g/mol. The number of benzene rings is 2. The van der Waals surface area contributed by atoms with E-state index in [1.807, 2.05) is 48.5 Å². The fraction of sp³-hybridized carbons (Fsp3) is 0.235. The monoisotopic (exact) mass is 367 g/mol. The zero-order chi connectivity index (χ0) is 14.7. The molecule has 0 aliphatic carbocycles. The number of hydrogen-bond acceptors (Lipinski definition) is 2. The molecule has 0 bridgehead atoms. The van der Waals surface area contributed by atoms with Gasteiger partial charge in [-0.2, -0.15) is 0 Å². The van der Waals surface area contributed by atoms with Gasteiger partial charge in [-0.1, -0.05) is 54.0 Å². The summed E-state index contributed by atoms with van der Waals surface area (Å²) >= 11 is 3.36. The van der Waals surface area contributed by atoms with Gasteiger partial charge in [0.1, 0.15) is 0 Å². The summed E-state index contributed by atoms with van der Waals surface area (Å²) in [6.45, 7) is 4.18. The van der Waals surface area contributed by atoms with Crippen LogP contribution in [0.15, 0.2) is 53.0 Å². The van der Waals surface area contributed by atoms with Crippen molar-refractivity contribution in [2.75, 3.05) is 0 Å². The minimum Gasteiger partial charge on any atom is -0.324 e. The maximum atomic E-state index is 12.3. The first kappa shape index (κ1) is 17.9. The molecule has 0 unspecified atom stereocenters. The molecule has 2 rings (SSSR count). The van der Waals surface area contributed by atoms with Gasteiger partial charge >= 0.3 is 0 Å². The second-order valence-electron chi connectivity index (χ2n) is 5.23. The fourth-order valence-corrected chi connectivity index (χ4v) is 2.27. The van der Waals surface area contributed by atoms with E-state index in [0.29, 0.717) is 17.0 Å². The van der Waals surface area contributed by atoms with Crippen molar-refractivity contribution in [2.24, 2.45) is 11.7 Å². The third kappa shape index (κ3) is 4.40. The molecule has 0 amide bonds. The summed E-state index contributed by atoms with van der Waals surface area (Å²) < 4.78 is 0.965. The average molecular weight is 369 g/mol. The van der Waals surface area contributed by atoms with Gasteiger partial charge in [-0.25, -0.2) is 0 Å². The first-order chi connectivity index (χ1) is 9.49. The van der Waals surface area contributed by atoms with E-state index in [2.05, 4.69) is 29.8 Å². The summed E-state index contributed by atoms with van der Waals surface area (Å²) in [4.78, 5) is 12.3. The van der Waals surface area contributed by atoms with Crippen LogP contribution >= 0.6 is 28.3 Å². The van der Waals surface area contributed by atoms with E-state index in [1.165, 1.54) is 0 Å². The van der Waals surface area contributed by atoms with Crippen LogP contribution in [-0.4, -0.2) is 5.78 Å². The molecule has 0 saturated carbocycles. The molecular formula is C17H19BrClNO. The highest BCUT2D eigenvalue weighted by Gasteiger charge is 2.12. The lowest BCUT2D eigenvalue weighted by molar-refractivity contribution is 0.103. The lowest BCUT2D eigenvalue weighted by Crippen LogP contribution is -2.16. The molecule has 0 heterocycles. The molecule has 2 N–H and O–H groups in total. The normalized spacial score (nSPS) is 11.9. The van der Waals surface area contributed by atoms with Gasteiger partial charge in [0.05, 0.1) is 0 Å². The van der Waals surface area contributed by atoms with E-state index in [-0.39, 0.29) is 24.2 Å². The van der Waals surface area contributed by atoms with Gasteiger partial charge in [-0.05, 0) is 35.7 Å². The van der Waals surface area contributed by atoms with Crippen molar-refractivity contribution >= 4 is 34.1 Å². The second-order valence-corrected chi connectivity index (χ2v) is 6.14. The topological polar surface area (TPSA) is 43.1 Å². The molecule has 0 spiro atoms. The van der Waals surface area contributed by atoms with E-state index < -0.39 is 0 Å². The zero-order valence-corrected chi connectivity index (χ0v) is 14.4. The molecule has 0 aromatic heterocycles. The largest absolute Gasteiger partial charge is 0.324 e. The summed E-state index contributed by atoms with van der Waals surface area (Å²) in [5.74, 6) is 0.408. The minimum absolute atomic E-state index is 0. The van der Waals surface area contributed by atoms with Gasteiger partial charge in [-0.3, -0.25) is 4.79 Å². The Morgan fingerprint density at radius 2 is 1.38 bits per heavy atom. The van der Waals surface area contributed by atoms with Crippen LogP contribution in [0.4, 0.5) is 0 Å². The van der Waals surface area contributed by atoms with Crippen LogP contribution in [0.5, 0.6) is 0 Å². The summed E-state index contributed by atoms with van der Waals surface area (Å²) in [5, 5.41) is 0. The Labute approximate surface area is 140 Å². The van der Waals surface area contributed by atoms with E-state index >= 15 is 0 Å². The van der Waals surface area contributed by atoms with Gasteiger partial charge in [0.15, 0.2) is 5.78 Å². The van der Waals surface area contributed by atoms with Crippen molar-refractivity contribution in [3.05, 3.63) is 69.7 Å². The van der Waals surface area contributed by atoms with Crippen molar-refractivity contribution in [3.63, 3.8) is 0 Å². The molecule has 21 heavy (non-hydrogen) atoms. The molecule has 2 nitrogen and oxygen atoms in total. The quantitative estimate of drug-likeness (QED) is 0.791. The predicted octanol–water partition coefficient (Wildman–Crippen LogP) is 4.76. The number of ketones is 1. The molecule has 0 aliphatic rings. The highest BCUT2D eigenvalue weighted by molar-refractivity contribution is 9.10. The Morgan fingerprint density at radius 3 is 1.81 bits per heavy atom. The van der Waals surface area contributed by atoms with Crippen molar-refractivity contribution in [1.29, 1.82) is 0 Å². The van der Waals surface area contributed by atoms with Crippen molar-refractivity contribution in [2.45, 2.75) is 19.9 Å². The van der Waals surface area contributed by atoms with Crippen LogP contribution in [0.25, 0.3) is 0 Å². The molecule has 2 aromatic rings. The van der Waals surface area contributed by atoms with Gasteiger partial charge in [0.25, 0.3) is 0 Å². The van der Waals surface area contributed by atoms with Gasteiger partial charge in [0.2, 0.25) is 0 Å². The summed E-state index contributed by atoms with van der Waals surface area (Å²) in [6, 6.07) is 15.0. The van der Waals surface area contributed by atoms with Crippen LogP contribution in [-0.2, 0) is 0 Å². The van der Waals surface area contributed by atoms with Crippen LogP contribution < -0.4 is 5.73 Å². The van der Waals surface area contributed by atoms with Crippen LogP contribution in [0.3, 0.4) is 0 Å². The first-order valence-electron chi connectivity index (χ1n) is 6.65. The predicted molar refractivity (Wildman–Crippen MR) is 93.0 cm³/mol. The third-order valence-electron chi connectivity index (χ3n) is 3.38. The SMILES string of the molecule is CC(C)[C@@H](N)c1ccc(C(=O)c2ccc(Br)cc2)cc1.Cl. The molecule has 112 valence electrons. The third-order valence-corrected chi connectivity index (χ3v) is 3.91. The van der Waals surface area contributed by atoms with E-state index in [9.17, 15) is 4.79 Å². The van der Waals surface area contributed by atoms with E-state index in [0.717, 1.165) is 10.0 Å². The van der Waals surface area contributed by atoms with Crippen molar-refractivity contribution in [1.82, 2.24) is 0 Å². The molecule has 4 heteroatoms. The van der Waals surface area contributed by atoms with Gasteiger partial charge < -0.3 is 5.73 Å². The second kappa shape index (κ2) is 7.74. The molecule has 2 aromatic carbocycles. The molecule has 1 atom stereocenters. The Kier molecular flexibility index (Phi) is 6.59. The maximum Gasteiger partial charge on any atom is 0.193 e. The van der Waals surface area contributed by atoms with Crippen LogP contribution in [0.2, 0.25) is 0 Å². The summed E-state index contributed by atoms with van der Waals surface area (Å²) in [6.07, 6.45) is 0. The Bertz CT molecular complexity index is 593. The number of hydrogen-bond donors (Lipinski definition) is 1. The lowest BCUT2D eigenvalue weighted by atomic mass is 9.95. The Hall–Kier alpha value is -1.16. The Morgan fingerprint density at radius 1 is 0.952 bits per heavy atom. The number of carbonyl (C=O) groups excluding carboxylic acids is 1. The number of carbonyl (C=O) groups is 1. The summed E-state index contributed by atoms with van der Waals surface area (Å²) in [7, 11) is 0.